The lowest BCUT2D eigenvalue weighted by Gasteiger charge is -2.18. The zero-order chi connectivity index (χ0) is 14.2. The van der Waals surface area contributed by atoms with E-state index < -0.39 is 10.0 Å². The predicted molar refractivity (Wildman–Crippen MR) is 72.6 cm³/mol. The van der Waals surface area contributed by atoms with Gasteiger partial charge in [-0.15, -0.1) is 0 Å². The lowest BCUT2D eigenvalue weighted by atomic mass is 10.1. The molecule has 0 aromatic heterocycles. The van der Waals surface area contributed by atoms with Crippen molar-refractivity contribution in [3.8, 4) is 0 Å². The molecular formula is C11H25N3O3S. The van der Waals surface area contributed by atoms with E-state index in [0.717, 1.165) is 0 Å². The molecule has 1 atom stereocenters. The maximum absolute atomic E-state index is 11.6. The fourth-order valence-electron chi connectivity index (χ4n) is 1.63. The van der Waals surface area contributed by atoms with Crippen molar-refractivity contribution in [2.75, 3.05) is 32.4 Å². The quantitative estimate of drug-likeness (QED) is 0.570. The summed E-state index contributed by atoms with van der Waals surface area (Å²) in [5, 5.41) is 2.78. The van der Waals surface area contributed by atoms with Crippen LogP contribution in [0.2, 0.25) is 0 Å². The van der Waals surface area contributed by atoms with E-state index in [2.05, 4.69) is 5.32 Å². The topological polar surface area (TPSA) is 92.5 Å². The third kappa shape index (κ3) is 6.32. The lowest BCUT2D eigenvalue weighted by Crippen LogP contribution is -2.37. The molecule has 18 heavy (non-hydrogen) atoms. The van der Waals surface area contributed by atoms with E-state index in [0.29, 0.717) is 39.0 Å². The molecule has 0 bridgehead atoms. The van der Waals surface area contributed by atoms with Gasteiger partial charge in [0.25, 0.3) is 0 Å². The summed E-state index contributed by atoms with van der Waals surface area (Å²) < 4.78 is 24.0. The number of hydrogen-bond donors (Lipinski definition) is 2. The summed E-state index contributed by atoms with van der Waals surface area (Å²) in [4.78, 5) is 11.6. The van der Waals surface area contributed by atoms with Gasteiger partial charge >= 0.3 is 0 Å². The van der Waals surface area contributed by atoms with Crippen LogP contribution >= 0.6 is 0 Å². The minimum atomic E-state index is -3.14. The fourth-order valence-corrected chi connectivity index (χ4v) is 2.56. The van der Waals surface area contributed by atoms with Gasteiger partial charge in [0.1, 0.15) is 0 Å². The second-order valence-electron chi connectivity index (χ2n) is 4.24. The number of nitrogens with one attached hydrogen (secondary N) is 1. The van der Waals surface area contributed by atoms with Gasteiger partial charge < -0.3 is 11.1 Å². The van der Waals surface area contributed by atoms with Gasteiger partial charge in [0.15, 0.2) is 0 Å². The van der Waals surface area contributed by atoms with E-state index in [1.807, 2.05) is 6.92 Å². The van der Waals surface area contributed by atoms with Crippen LogP contribution in [-0.4, -0.2) is 51.1 Å². The molecular weight excluding hydrogens is 254 g/mol. The number of hydrogen-bond acceptors (Lipinski definition) is 4. The molecule has 7 heteroatoms. The van der Waals surface area contributed by atoms with Crippen LogP contribution in [0.4, 0.5) is 0 Å². The van der Waals surface area contributed by atoms with Gasteiger partial charge in [-0.25, -0.2) is 12.7 Å². The highest BCUT2D eigenvalue weighted by Gasteiger charge is 2.15. The number of carbonyl (C=O) groups excluding carboxylic acids is 1. The van der Waals surface area contributed by atoms with Crippen molar-refractivity contribution in [3.63, 3.8) is 0 Å². The average molecular weight is 279 g/mol. The third-order valence-corrected chi connectivity index (χ3v) is 4.23. The van der Waals surface area contributed by atoms with E-state index in [1.54, 1.807) is 6.92 Å². The van der Waals surface area contributed by atoms with Gasteiger partial charge in [-0.05, 0) is 12.8 Å². The van der Waals surface area contributed by atoms with Crippen LogP contribution in [0.25, 0.3) is 0 Å². The first-order valence-electron chi connectivity index (χ1n) is 6.29. The van der Waals surface area contributed by atoms with Crippen molar-refractivity contribution in [3.05, 3.63) is 0 Å². The summed E-state index contributed by atoms with van der Waals surface area (Å²) in [6.45, 7) is 5.40. The van der Waals surface area contributed by atoms with Crippen LogP contribution in [0.1, 0.15) is 26.7 Å². The molecule has 0 rings (SSSR count). The first-order chi connectivity index (χ1) is 8.36. The third-order valence-electron chi connectivity index (χ3n) is 2.85. The molecule has 0 radical (unpaired) electrons. The summed E-state index contributed by atoms with van der Waals surface area (Å²) in [5.41, 5.74) is 5.47. The monoisotopic (exact) mass is 279 g/mol. The summed E-state index contributed by atoms with van der Waals surface area (Å²) in [5.74, 6) is -0.204. The zero-order valence-corrected chi connectivity index (χ0v) is 12.3. The van der Waals surface area contributed by atoms with Crippen molar-refractivity contribution in [2.45, 2.75) is 26.7 Å². The first-order valence-corrected chi connectivity index (χ1v) is 8.14. The van der Waals surface area contributed by atoms with Gasteiger partial charge in [-0.1, -0.05) is 13.8 Å². The van der Waals surface area contributed by atoms with E-state index in [1.165, 1.54) is 10.6 Å². The number of amides is 1. The van der Waals surface area contributed by atoms with Crippen LogP contribution in [0.5, 0.6) is 0 Å². The molecule has 0 aromatic carbocycles. The molecule has 3 N–H and O–H groups in total. The Morgan fingerprint density at radius 2 is 2.00 bits per heavy atom. The standard InChI is InChI=1S/C11H25N3O3S/c1-4-10(9-12)11(15)13-7-6-8-14(5-2)18(3,16)17/h10H,4-9,12H2,1-3H3,(H,13,15). The minimum absolute atomic E-state index is 0.0533. The second-order valence-corrected chi connectivity index (χ2v) is 6.22. The van der Waals surface area contributed by atoms with E-state index in [-0.39, 0.29) is 11.8 Å². The molecule has 0 heterocycles. The maximum Gasteiger partial charge on any atom is 0.224 e. The summed E-state index contributed by atoms with van der Waals surface area (Å²) >= 11 is 0. The number of carbonyl (C=O) groups is 1. The maximum atomic E-state index is 11.6. The molecule has 0 saturated heterocycles. The number of nitrogens with two attached hydrogens (primary N) is 1. The SMILES string of the molecule is CCC(CN)C(=O)NCCCN(CC)S(C)(=O)=O. The molecule has 0 aliphatic heterocycles. The molecule has 0 spiro atoms. The highest BCUT2D eigenvalue weighted by molar-refractivity contribution is 7.88. The van der Waals surface area contributed by atoms with Crippen molar-refractivity contribution in [1.82, 2.24) is 9.62 Å². The van der Waals surface area contributed by atoms with Crippen LogP contribution < -0.4 is 11.1 Å². The molecule has 6 nitrogen and oxygen atoms in total. The highest BCUT2D eigenvalue weighted by atomic mass is 32.2. The summed E-state index contributed by atoms with van der Waals surface area (Å²) in [6, 6.07) is 0. The highest BCUT2D eigenvalue weighted by Crippen LogP contribution is 2.01. The van der Waals surface area contributed by atoms with Crippen LogP contribution in [0.15, 0.2) is 0 Å². The lowest BCUT2D eigenvalue weighted by molar-refractivity contribution is -0.124. The van der Waals surface area contributed by atoms with Crippen LogP contribution in [-0.2, 0) is 14.8 Å². The van der Waals surface area contributed by atoms with E-state index in [9.17, 15) is 13.2 Å². The summed E-state index contributed by atoms with van der Waals surface area (Å²) in [7, 11) is -3.14. The molecule has 0 saturated carbocycles. The molecule has 0 aliphatic rings. The Bertz CT molecular complexity index is 339. The predicted octanol–water partition coefficient (Wildman–Crippen LogP) is -0.241. The van der Waals surface area contributed by atoms with Crippen molar-refractivity contribution in [1.29, 1.82) is 0 Å². The largest absolute Gasteiger partial charge is 0.356 e. The Labute approximate surface area is 110 Å². The van der Waals surface area contributed by atoms with Gasteiger partial charge in [0, 0.05) is 32.1 Å². The van der Waals surface area contributed by atoms with Crippen LogP contribution in [0.3, 0.4) is 0 Å². The van der Waals surface area contributed by atoms with Crippen molar-refractivity contribution < 1.29 is 13.2 Å². The minimum Gasteiger partial charge on any atom is -0.356 e. The second kappa shape index (κ2) is 8.44. The van der Waals surface area contributed by atoms with Crippen LogP contribution in [0, 0.1) is 5.92 Å². The van der Waals surface area contributed by atoms with Gasteiger partial charge in [0.05, 0.1) is 6.26 Å². The van der Waals surface area contributed by atoms with Gasteiger partial charge in [0.2, 0.25) is 15.9 Å². The molecule has 1 unspecified atom stereocenters. The molecule has 0 fully saturated rings. The Morgan fingerprint density at radius 3 is 2.39 bits per heavy atom. The Balaban J connectivity index is 3.96. The fraction of sp³-hybridized carbons (Fsp3) is 0.909. The Kier molecular flexibility index (Phi) is 8.13. The Hall–Kier alpha value is -0.660. The summed E-state index contributed by atoms with van der Waals surface area (Å²) in [6.07, 6.45) is 2.51. The normalized spacial score (nSPS) is 13.6. The van der Waals surface area contributed by atoms with Crippen molar-refractivity contribution in [2.24, 2.45) is 11.7 Å². The Morgan fingerprint density at radius 1 is 1.39 bits per heavy atom. The van der Waals surface area contributed by atoms with E-state index in [4.69, 9.17) is 5.73 Å². The number of sulfonamides is 1. The zero-order valence-electron chi connectivity index (χ0n) is 11.5. The average Bonchev–Trinajstić information content (AvgIpc) is 2.28. The van der Waals surface area contributed by atoms with Crippen molar-refractivity contribution >= 4 is 15.9 Å². The van der Waals surface area contributed by atoms with E-state index >= 15 is 0 Å². The number of rotatable bonds is 9. The first kappa shape index (κ1) is 17.3. The molecule has 0 aliphatic carbocycles. The molecule has 108 valence electrons. The van der Waals surface area contributed by atoms with Gasteiger partial charge in [-0.3, -0.25) is 4.79 Å². The smallest absolute Gasteiger partial charge is 0.224 e. The molecule has 0 aromatic rings. The van der Waals surface area contributed by atoms with Gasteiger partial charge in [-0.2, -0.15) is 0 Å². The molecule has 1 amide bonds. The number of nitrogens with zero attached hydrogens (tertiary/aromatic N) is 1.